The van der Waals surface area contributed by atoms with Crippen LogP contribution in [0.5, 0.6) is 0 Å². The molecule has 0 aliphatic rings. The van der Waals surface area contributed by atoms with Crippen molar-refractivity contribution in [2.45, 2.75) is 18.9 Å². The van der Waals surface area contributed by atoms with Crippen LogP contribution in [0.4, 0.5) is 5.82 Å². The molecule has 6 nitrogen and oxygen atoms in total. The van der Waals surface area contributed by atoms with Crippen molar-refractivity contribution < 1.29 is 19.1 Å². The largest absolute Gasteiger partial charge is 0.480 e. The Morgan fingerprint density at radius 1 is 1.58 bits per heavy atom. The van der Waals surface area contributed by atoms with Crippen molar-refractivity contribution in [3.8, 4) is 0 Å². The second-order valence-electron chi connectivity index (χ2n) is 4.16. The Morgan fingerprint density at radius 2 is 2.42 bits per heavy atom. The molecule has 0 saturated carbocycles. The summed E-state index contributed by atoms with van der Waals surface area (Å²) in [6.45, 7) is 0.537. The number of ether oxygens (including phenoxy) is 1. The highest BCUT2D eigenvalue weighted by atomic mass is 16.5. The van der Waals surface area contributed by atoms with E-state index in [1.165, 1.54) is 0 Å². The minimum absolute atomic E-state index is 0.471. The molecule has 0 aromatic carbocycles. The molecule has 0 amide bonds. The third kappa shape index (κ3) is 3.23. The number of aliphatic carboxylic acids is 1. The van der Waals surface area contributed by atoms with E-state index in [1.54, 1.807) is 31.7 Å². The third-order valence-corrected chi connectivity index (χ3v) is 2.83. The molecule has 1 unspecified atom stereocenters. The van der Waals surface area contributed by atoms with Crippen LogP contribution in [0.2, 0.25) is 0 Å². The number of furan rings is 1. The molecule has 0 saturated heterocycles. The molecule has 0 aliphatic heterocycles. The molecule has 0 radical (unpaired) electrons. The minimum atomic E-state index is -0.904. The molecule has 2 heterocycles. The first-order chi connectivity index (χ1) is 9.22. The Morgan fingerprint density at radius 3 is 3.16 bits per heavy atom. The maximum atomic E-state index is 11.2. The van der Waals surface area contributed by atoms with Gasteiger partial charge in [0.2, 0.25) is 0 Å². The number of hydrogen-bond donors (Lipinski definition) is 2. The second-order valence-corrected chi connectivity index (χ2v) is 4.16. The first-order valence-corrected chi connectivity index (χ1v) is 6.03. The quantitative estimate of drug-likeness (QED) is 0.745. The van der Waals surface area contributed by atoms with Gasteiger partial charge >= 0.3 is 5.97 Å². The number of rotatable bonds is 7. The highest BCUT2D eigenvalue weighted by molar-refractivity contribution is 5.89. The number of methoxy groups -OCH3 is 1. The van der Waals surface area contributed by atoms with Gasteiger partial charge in [0.15, 0.2) is 0 Å². The summed E-state index contributed by atoms with van der Waals surface area (Å²) in [4.78, 5) is 15.4. The summed E-state index contributed by atoms with van der Waals surface area (Å²) in [5.41, 5.74) is 0.679. The summed E-state index contributed by atoms with van der Waals surface area (Å²) in [5.74, 6) is -0.380. The predicted molar refractivity (Wildman–Crippen MR) is 70.2 cm³/mol. The van der Waals surface area contributed by atoms with Crippen molar-refractivity contribution in [2.75, 3.05) is 19.0 Å². The highest BCUT2D eigenvalue weighted by Crippen LogP contribution is 2.22. The summed E-state index contributed by atoms with van der Waals surface area (Å²) in [5, 5.41) is 12.9. The average molecular weight is 264 g/mol. The summed E-state index contributed by atoms with van der Waals surface area (Å²) < 4.78 is 10.2. The summed E-state index contributed by atoms with van der Waals surface area (Å²) in [6.07, 6.45) is 4.28. The zero-order chi connectivity index (χ0) is 13.7. The average Bonchev–Trinajstić information content (AvgIpc) is 2.86. The van der Waals surface area contributed by atoms with Gasteiger partial charge in [-0.3, -0.25) is 0 Å². The Hall–Kier alpha value is -2.08. The van der Waals surface area contributed by atoms with E-state index in [2.05, 4.69) is 10.3 Å². The van der Waals surface area contributed by atoms with E-state index >= 15 is 0 Å². The van der Waals surface area contributed by atoms with Crippen LogP contribution in [-0.2, 0) is 9.53 Å². The highest BCUT2D eigenvalue weighted by Gasteiger charge is 2.18. The Kier molecular flexibility index (Phi) is 4.35. The molecule has 0 aliphatic carbocycles. The van der Waals surface area contributed by atoms with Crippen LogP contribution in [0.3, 0.4) is 0 Å². The first-order valence-electron chi connectivity index (χ1n) is 6.03. The van der Waals surface area contributed by atoms with Crippen LogP contribution in [0.15, 0.2) is 29.0 Å². The lowest BCUT2D eigenvalue weighted by atomic mass is 10.1. The molecule has 0 fully saturated rings. The standard InChI is InChI=1S/C13H16N2O4/c1-18-7-2-3-10(13(16)17)15-12-9-5-8-19-11(9)4-6-14-12/h4-6,8,10H,2-3,7H2,1H3,(H,14,15)(H,16,17). The predicted octanol–water partition coefficient (Wildman–Crippen LogP) is 2.12. The van der Waals surface area contributed by atoms with Gasteiger partial charge in [0.1, 0.15) is 17.4 Å². The van der Waals surface area contributed by atoms with Gasteiger partial charge in [-0.15, -0.1) is 0 Å². The second kappa shape index (κ2) is 6.19. The number of nitrogens with zero attached hydrogens (tertiary/aromatic N) is 1. The lowest BCUT2D eigenvalue weighted by molar-refractivity contribution is -0.138. The van der Waals surface area contributed by atoms with E-state index in [9.17, 15) is 9.90 Å². The molecule has 0 bridgehead atoms. The maximum absolute atomic E-state index is 11.2. The van der Waals surface area contributed by atoms with Gasteiger partial charge in [-0.25, -0.2) is 9.78 Å². The molecule has 2 N–H and O–H groups in total. The van der Waals surface area contributed by atoms with E-state index in [-0.39, 0.29) is 0 Å². The van der Waals surface area contributed by atoms with Gasteiger partial charge in [-0.2, -0.15) is 0 Å². The van der Waals surface area contributed by atoms with Crippen LogP contribution in [0, 0.1) is 0 Å². The van der Waals surface area contributed by atoms with Crippen LogP contribution in [0.1, 0.15) is 12.8 Å². The summed E-state index contributed by atoms with van der Waals surface area (Å²) >= 11 is 0. The summed E-state index contributed by atoms with van der Waals surface area (Å²) in [7, 11) is 1.59. The topological polar surface area (TPSA) is 84.6 Å². The van der Waals surface area contributed by atoms with E-state index in [0.29, 0.717) is 30.8 Å². The smallest absolute Gasteiger partial charge is 0.326 e. The van der Waals surface area contributed by atoms with Crippen LogP contribution >= 0.6 is 0 Å². The number of pyridine rings is 1. The van der Waals surface area contributed by atoms with Gasteiger partial charge in [-0.1, -0.05) is 0 Å². The molecular weight excluding hydrogens is 248 g/mol. The Bertz CT molecular complexity index is 552. The molecule has 1 atom stereocenters. The van der Waals surface area contributed by atoms with Gasteiger partial charge in [-0.05, 0) is 25.0 Å². The zero-order valence-electron chi connectivity index (χ0n) is 10.6. The molecule has 2 aromatic heterocycles. The van der Waals surface area contributed by atoms with Crippen molar-refractivity contribution in [3.05, 3.63) is 24.6 Å². The number of anilines is 1. The molecule has 19 heavy (non-hydrogen) atoms. The van der Waals surface area contributed by atoms with Gasteiger partial charge in [0, 0.05) is 19.9 Å². The first kappa shape index (κ1) is 13.4. The Labute approximate surface area is 110 Å². The van der Waals surface area contributed by atoms with E-state index in [1.807, 2.05) is 0 Å². The number of fused-ring (bicyclic) bond motifs is 1. The van der Waals surface area contributed by atoms with Gasteiger partial charge in [0.25, 0.3) is 0 Å². The van der Waals surface area contributed by atoms with Crippen molar-refractivity contribution >= 4 is 22.8 Å². The third-order valence-electron chi connectivity index (χ3n) is 2.83. The van der Waals surface area contributed by atoms with E-state index in [0.717, 1.165) is 5.39 Å². The fourth-order valence-electron chi connectivity index (χ4n) is 1.86. The Balaban J connectivity index is 2.12. The lowest BCUT2D eigenvalue weighted by Gasteiger charge is -2.15. The number of carboxylic acid groups (broad SMARTS) is 1. The monoisotopic (exact) mass is 264 g/mol. The normalized spacial score (nSPS) is 12.5. The van der Waals surface area contributed by atoms with E-state index < -0.39 is 12.0 Å². The van der Waals surface area contributed by atoms with Crippen LogP contribution in [0.25, 0.3) is 11.0 Å². The van der Waals surface area contributed by atoms with E-state index in [4.69, 9.17) is 9.15 Å². The number of nitrogens with one attached hydrogen (secondary N) is 1. The maximum Gasteiger partial charge on any atom is 0.326 e. The molecule has 6 heteroatoms. The molecule has 2 aromatic rings. The summed E-state index contributed by atoms with van der Waals surface area (Å²) in [6, 6.07) is 2.81. The van der Waals surface area contributed by atoms with Crippen molar-refractivity contribution in [2.24, 2.45) is 0 Å². The van der Waals surface area contributed by atoms with Crippen LogP contribution in [-0.4, -0.2) is 35.8 Å². The van der Waals surface area contributed by atoms with Crippen molar-refractivity contribution in [1.29, 1.82) is 0 Å². The molecular formula is C13H16N2O4. The van der Waals surface area contributed by atoms with Crippen LogP contribution < -0.4 is 5.32 Å². The molecule has 0 spiro atoms. The minimum Gasteiger partial charge on any atom is -0.480 e. The SMILES string of the molecule is COCCCC(Nc1nccc2occc12)C(=O)O. The lowest BCUT2D eigenvalue weighted by Crippen LogP contribution is -2.30. The number of aromatic nitrogens is 1. The van der Waals surface area contributed by atoms with Gasteiger partial charge < -0.3 is 19.6 Å². The number of carbonyl (C=O) groups is 1. The van der Waals surface area contributed by atoms with Crippen molar-refractivity contribution in [1.82, 2.24) is 4.98 Å². The number of hydrogen-bond acceptors (Lipinski definition) is 5. The molecule has 2 rings (SSSR count). The molecule has 102 valence electrons. The fourth-order valence-corrected chi connectivity index (χ4v) is 1.86. The van der Waals surface area contributed by atoms with Gasteiger partial charge in [0.05, 0.1) is 11.6 Å². The zero-order valence-corrected chi connectivity index (χ0v) is 10.6. The van der Waals surface area contributed by atoms with Crippen molar-refractivity contribution in [3.63, 3.8) is 0 Å². The number of carboxylic acids is 1. The fraction of sp³-hybridized carbons (Fsp3) is 0.385.